The molecule has 2 rings (SSSR count). The Kier molecular flexibility index (Phi) is 6.64. The second-order valence-corrected chi connectivity index (χ2v) is 7.87. The van der Waals surface area contributed by atoms with Crippen LogP contribution in [-0.2, 0) is 5.60 Å². The fourth-order valence-electron chi connectivity index (χ4n) is 3.05. The lowest BCUT2D eigenvalue weighted by Gasteiger charge is -2.27. The summed E-state index contributed by atoms with van der Waals surface area (Å²) in [5.74, 6) is 2.31. The molecule has 24 heavy (non-hydrogen) atoms. The highest BCUT2D eigenvalue weighted by atomic mass is 32.2. The Hall–Kier alpha value is -1.58. The number of aldehydes is 1. The third kappa shape index (κ3) is 4.71. The Bertz CT molecular complexity index is 674. The van der Waals surface area contributed by atoms with E-state index < -0.39 is 5.60 Å². The van der Waals surface area contributed by atoms with Crippen molar-refractivity contribution in [3.8, 4) is 0 Å². The van der Waals surface area contributed by atoms with Crippen LogP contribution in [0.15, 0.2) is 48.5 Å². The van der Waals surface area contributed by atoms with Crippen LogP contribution < -0.4 is 0 Å². The van der Waals surface area contributed by atoms with E-state index in [0.717, 1.165) is 40.9 Å². The van der Waals surface area contributed by atoms with Crippen molar-refractivity contribution in [1.29, 1.82) is 0 Å². The smallest absolute Gasteiger partial charge is 0.150 e. The van der Waals surface area contributed by atoms with Gasteiger partial charge in [0.2, 0.25) is 0 Å². The fourth-order valence-corrected chi connectivity index (χ4v) is 3.75. The maximum absolute atomic E-state index is 11.2. The first-order valence-electron chi connectivity index (χ1n) is 8.42. The minimum atomic E-state index is -0.894. The van der Waals surface area contributed by atoms with Gasteiger partial charge in [-0.3, -0.25) is 4.79 Å². The molecular formula is C21H26O2S. The maximum Gasteiger partial charge on any atom is 0.150 e. The number of benzene rings is 2. The van der Waals surface area contributed by atoms with Crippen molar-refractivity contribution in [2.75, 3.05) is 11.5 Å². The Morgan fingerprint density at radius 3 is 2.58 bits per heavy atom. The van der Waals surface area contributed by atoms with Crippen molar-refractivity contribution < 1.29 is 9.90 Å². The molecule has 0 aromatic heterocycles. The van der Waals surface area contributed by atoms with Crippen LogP contribution in [0.2, 0.25) is 0 Å². The predicted octanol–water partition coefficient (Wildman–Crippen LogP) is 5.00. The van der Waals surface area contributed by atoms with E-state index >= 15 is 0 Å². The van der Waals surface area contributed by atoms with E-state index in [-0.39, 0.29) is 5.92 Å². The number of thioether (sulfide) groups is 1. The van der Waals surface area contributed by atoms with Crippen molar-refractivity contribution in [2.45, 2.75) is 38.7 Å². The van der Waals surface area contributed by atoms with Crippen LogP contribution in [0, 0.1) is 0 Å². The molecule has 0 aliphatic heterocycles. The molecule has 0 heterocycles. The topological polar surface area (TPSA) is 37.3 Å². The molecule has 128 valence electrons. The monoisotopic (exact) mass is 342 g/mol. The quantitative estimate of drug-likeness (QED) is 0.542. The van der Waals surface area contributed by atoms with E-state index in [1.807, 2.05) is 62.0 Å². The fraction of sp³-hybridized carbons (Fsp3) is 0.381. The van der Waals surface area contributed by atoms with Gasteiger partial charge in [-0.05, 0) is 54.5 Å². The van der Waals surface area contributed by atoms with Gasteiger partial charge < -0.3 is 5.11 Å². The van der Waals surface area contributed by atoms with Gasteiger partial charge in [0.05, 0.1) is 5.60 Å². The number of carbonyl (C=O) groups is 1. The van der Waals surface area contributed by atoms with Crippen LogP contribution in [-0.4, -0.2) is 22.9 Å². The molecule has 1 N–H and O–H groups in total. The predicted molar refractivity (Wildman–Crippen MR) is 103 cm³/mol. The average molecular weight is 343 g/mol. The summed E-state index contributed by atoms with van der Waals surface area (Å²) in [7, 11) is 0. The van der Waals surface area contributed by atoms with Crippen molar-refractivity contribution in [3.05, 3.63) is 70.8 Å². The van der Waals surface area contributed by atoms with Crippen molar-refractivity contribution in [1.82, 2.24) is 0 Å². The van der Waals surface area contributed by atoms with Gasteiger partial charge >= 0.3 is 0 Å². The highest BCUT2D eigenvalue weighted by molar-refractivity contribution is 7.99. The Balaban J connectivity index is 2.48. The third-order valence-corrected chi connectivity index (χ3v) is 5.13. The molecule has 2 aromatic carbocycles. The number of carbonyl (C=O) groups excluding carboxylic acids is 1. The van der Waals surface area contributed by atoms with Gasteiger partial charge in [0.1, 0.15) is 6.29 Å². The number of rotatable bonds is 8. The molecule has 0 saturated heterocycles. The summed E-state index contributed by atoms with van der Waals surface area (Å²) in [5, 5.41) is 10.6. The lowest BCUT2D eigenvalue weighted by atomic mass is 9.81. The lowest BCUT2D eigenvalue weighted by Crippen LogP contribution is -2.20. The number of hydrogen-bond acceptors (Lipinski definition) is 3. The Morgan fingerprint density at radius 2 is 1.92 bits per heavy atom. The second kappa shape index (κ2) is 8.50. The normalized spacial score (nSPS) is 12.8. The second-order valence-electron chi connectivity index (χ2n) is 6.47. The van der Waals surface area contributed by atoms with E-state index in [1.165, 1.54) is 0 Å². The third-order valence-electron chi connectivity index (χ3n) is 4.20. The molecule has 0 fully saturated rings. The van der Waals surface area contributed by atoms with E-state index in [4.69, 9.17) is 0 Å². The average Bonchev–Trinajstić information content (AvgIpc) is 2.58. The minimum absolute atomic E-state index is 0.173. The SMILES string of the molecule is CCSCCC(c1cccc(C=O)c1)c1ccccc1C(C)(C)O. The van der Waals surface area contributed by atoms with E-state index in [0.29, 0.717) is 5.56 Å². The van der Waals surface area contributed by atoms with Crippen LogP contribution in [0.3, 0.4) is 0 Å². The van der Waals surface area contributed by atoms with Gasteiger partial charge in [-0.15, -0.1) is 0 Å². The molecule has 0 bridgehead atoms. The zero-order valence-electron chi connectivity index (χ0n) is 14.7. The molecular weight excluding hydrogens is 316 g/mol. The van der Waals surface area contributed by atoms with E-state index in [1.54, 1.807) is 0 Å². The van der Waals surface area contributed by atoms with Crippen LogP contribution >= 0.6 is 11.8 Å². The summed E-state index contributed by atoms with van der Waals surface area (Å²) in [6, 6.07) is 15.9. The van der Waals surface area contributed by atoms with Gasteiger partial charge in [0, 0.05) is 11.5 Å². The highest BCUT2D eigenvalue weighted by Gasteiger charge is 2.25. The summed E-state index contributed by atoms with van der Waals surface area (Å²) >= 11 is 1.92. The first-order chi connectivity index (χ1) is 11.5. The van der Waals surface area contributed by atoms with Gasteiger partial charge in [-0.2, -0.15) is 11.8 Å². The van der Waals surface area contributed by atoms with Crippen LogP contribution in [0.25, 0.3) is 0 Å². The molecule has 2 nitrogen and oxygen atoms in total. The first kappa shape index (κ1) is 18.8. The molecule has 3 heteroatoms. The molecule has 0 radical (unpaired) electrons. The van der Waals surface area contributed by atoms with Crippen molar-refractivity contribution in [3.63, 3.8) is 0 Å². The van der Waals surface area contributed by atoms with Gasteiger partial charge in [-0.25, -0.2) is 0 Å². The summed E-state index contributed by atoms with van der Waals surface area (Å²) in [6.07, 6.45) is 1.87. The molecule has 0 amide bonds. The van der Waals surface area contributed by atoms with Crippen molar-refractivity contribution >= 4 is 18.0 Å². The van der Waals surface area contributed by atoms with E-state index in [9.17, 15) is 9.90 Å². The van der Waals surface area contributed by atoms with E-state index in [2.05, 4.69) is 19.1 Å². The molecule has 2 aromatic rings. The summed E-state index contributed by atoms with van der Waals surface area (Å²) < 4.78 is 0. The lowest BCUT2D eigenvalue weighted by molar-refractivity contribution is 0.0773. The largest absolute Gasteiger partial charge is 0.386 e. The van der Waals surface area contributed by atoms with Crippen LogP contribution in [0.4, 0.5) is 0 Å². The molecule has 0 aliphatic carbocycles. The summed E-state index contributed by atoms with van der Waals surface area (Å²) in [6.45, 7) is 5.81. The summed E-state index contributed by atoms with van der Waals surface area (Å²) in [4.78, 5) is 11.2. The number of aliphatic hydroxyl groups is 1. The molecule has 0 saturated carbocycles. The molecule has 1 unspecified atom stereocenters. The zero-order valence-corrected chi connectivity index (χ0v) is 15.5. The van der Waals surface area contributed by atoms with Gasteiger partial charge in [0.25, 0.3) is 0 Å². The Morgan fingerprint density at radius 1 is 1.17 bits per heavy atom. The molecule has 1 atom stereocenters. The Labute approximate surface area is 149 Å². The molecule has 0 aliphatic rings. The molecule has 0 spiro atoms. The maximum atomic E-state index is 11.2. The minimum Gasteiger partial charge on any atom is -0.386 e. The standard InChI is InChI=1S/C21H26O2S/c1-4-24-13-12-18(17-9-7-8-16(14-17)15-22)19-10-5-6-11-20(19)21(2,3)23/h5-11,14-15,18,23H,4,12-13H2,1-3H3. The van der Waals surface area contributed by atoms with Crippen molar-refractivity contribution in [2.24, 2.45) is 0 Å². The van der Waals surface area contributed by atoms with Gasteiger partial charge in [-0.1, -0.05) is 49.4 Å². The van der Waals surface area contributed by atoms with Crippen LogP contribution in [0.1, 0.15) is 60.2 Å². The number of hydrogen-bond donors (Lipinski definition) is 1. The van der Waals surface area contributed by atoms with Crippen LogP contribution in [0.5, 0.6) is 0 Å². The summed E-state index contributed by atoms with van der Waals surface area (Å²) in [5.41, 5.74) is 3.03. The highest BCUT2D eigenvalue weighted by Crippen LogP contribution is 2.36. The zero-order chi connectivity index (χ0) is 17.6. The first-order valence-corrected chi connectivity index (χ1v) is 9.57. The van der Waals surface area contributed by atoms with Gasteiger partial charge in [0.15, 0.2) is 0 Å².